The molecule has 1 unspecified atom stereocenters. The van der Waals surface area contributed by atoms with Gasteiger partial charge in [-0.2, -0.15) is 13.2 Å². The lowest BCUT2D eigenvalue weighted by atomic mass is 10.1. The van der Waals surface area contributed by atoms with Crippen LogP contribution in [0.15, 0.2) is 12.7 Å². The van der Waals surface area contributed by atoms with Gasteiger partial charge in [-0.1, -0.05) is 25.8 Å². The molecule has 0 aromatic rings. The lowest BCUT2D eigenvalue weighted by molar-refractivity contribution is -0.157. The highest BCUT2D eigenvalue weighted by atomic mass is 19.4. The summed E-state index contributed by atoms with van der Waals surface area (Å²) in [5.41, 5.74) is 0. The Bertz CT molecular complexity index is 166. The Kier molecular flexibility index (Phi) is 7.48. The summed E-state index contributed by atoms with van der Waals surface area (Å²) < 4.78 is 37.2. The zero-order chi connectivity index (χ0) is 11.7. The molecule has 0 aromatic heterocycles. The Morgan fingerprint density at radius 2 is 1.93 bits per heavy atom. The molecule has 0 saturated heterocycles. The fourth-order valence-corrected chi connectivity index (χ4v) is 1.44. The van der Waals surface area contributed by atoms with E-state index < -0.39 is 12.2 Å². The molecule has 0 aromatic carbocycles. The van der Waals surface area contributed by atoms with Gasteiger partial charge >= 0.3 is 6.18 Å². The number of halogens is 3. The minimum Gasteiger partial charge on any atom is -0.306 e. The lowest BCUT2D eigenvalue weighted by Crippen LogP contribution is -2.42. The van der Waals surface area contributed by atoms with Crippen LogP contribution in [0, 0.1) is 0 Å². The largest absolute Gasteiger partial charge is 0.403 e. The van der Waals surface area contributed by atoms with Crippen molar-refractivity contribution in [3.05, 3.63) is 12.7 Å². The first-order valence-electron chi connectivity index (χ1n) is 5.43. The number of alkyl halides is 3. The van der Waals surface area contributed by atoms with Crippen LogP contribution in [0.25, 0.3) is 0 Å². The van der Waals surface area contributed by atoms with Crippen LogP contribution in [0.4, 0.5) is 13.2 Å². The van der Waals surface area contributed by atoms with Gasteiger partial charge < -0.3 is 5.32 Å². The molecule has 0 bridgehead atoms. The van der Waals surface area contributed by atoms with Crippen molar-refractivity contribution in [2.75, 3.05) is 6.54 Å². The number of hydrogen-bond acceptors (Lipinski definition) is 1. The zero-order valence-electron chi connectivity index (χ0n) is 9.24. The van der Waals surface area contributed by atoms with E-state index in [-0.39, 0.29) is 6.42 Å². The molecular weight excluding hydrogens is 203 g/mol. The van der Waals surface area contributed by atoms with Crippen LogP contribution < -0.4 is 5.32 Å². The van der Waals surface area contributed by atoms with E-state index in [9.17, 15) is 13.2 Å². The highest BCUT2D eigenvalue weighted by Gasteiger charge is 2.38. The second-order valence-corrected chi connectivity index (χ2v) is 3.58. The summed E-state index contributed by atoms with van der Waals surface area (Å²) >= 11 is 0. The van der Waals surface area contributed by atoms with Gasteiger partial charge in [0, 0.05) is 0 Å². The molecular formula is C11H20F3N. The van der Waals surface area contributed by atoms with E-state index in [1.54, 1.807) is 13.0 Å². The Balaban J connectivity index is 3.72. The molecule has 4 heteroatoms. The van der Waals surface area contributed by atoms with Crippen molar-refractivity contribution < 1.29 is 13.2 Å². The maximum absolute atomic E-state index is 12.4. The highest BCUT2D eigenvalue weighted by molar-refractivity contribution is 4.74. The molecule has 0 aliphatic rings. The van der Waals surface area contributed by atoms with E-state index in [1.165, 1.54) is 0 Å². The van der Waals surface area contributed by atoms with Crippen LogP contribution in [0.3, 0.4) is 0 Å². The van der Waals surface area contributed by atoms with Gasteiger partial charge in [-0.25, -0.2) is 0 Å². The van der Waals surface area contributed by atoms with Crippen molar-refractivity contribution in [2.45, 2.75) is 51.2 Å². The summed E-state index contributed by atoms with van der Waals surface area (Å²) in [6.45, 7) is 5.62. The third-order valence-electron chi connectivity index (χ3n) is 2.25. The summed E-state index contributed by atoms with van der Waals surface area (Å²) in [5, 5.41) is 2.47. The Labute approximate surface area is 89.7 Å². The first-order valence-corrected chi connectivity index (χ1v) is 5.43. The van der Waals surface area contributed by atoms with E-state index >= 15 is 0 Å². The second-order valence-electron chi connectivity index (χ2n) is 3.58. The summed E-state index contributed by atoms with van der Waals surface area (Å²) in [6, 6.07) is -1.34. The lowest BCUT2D eigenvalue weighted by Gasteiger charge is -2.20. The number of nitrogens with one attached hydrogen (secondary N) is 1. The Morgan fingerprint density at radius 1 is 1.27 bits per heavy atom. The minimum absolute atomic E-state index is 0.175. The standard InChI is InChI=1S/C11H20F3N/c1-3-5-6-7-8-9-10(15-4-2)11(12,13)14/h3,10,15H,1,4-9H2,2H3. The van der Waals surface area contributed by atoms with Crippen LogP contribution in [0.2, 0.25) is 0 Å². The predicted octanol–water partition coefficient (Wildman–Crippen LogP) is 3.66. The molecule has 1 atom stereocenters. The van der Waals surface area contributed by atoms with Gasteiger partial charge in [0.05, 0.1) is 0 Å². The van der Waals surface area contributed by atoms with Gasteiger partial charge in [0.1, 0.15) is 6.04 Å². The Morgan fingerprint density at radius 3 is 2.40 bits per heavy atom. The average molecular weight is 223 g/mol. The molecule has 0 radical (unpaired) electrons. The molecule has 1 nitrogen and oxygen atoms in total. The molecule has 0 rings (SSSR count). The van der Waals surface area contributed by atoms with Crippen molar-refractivity contribution in [3.8, 4) is 0 Å². The topological polar surface area (TPSA) is 12.0 Å². The summed E-state index contributed by atoms with van der Waals surface area (Å²) in [7, 11) is 0. The minimum atomic E-state index is -4.12. The van der Waals surface area contributed by atoms with Crippen molar-refractivity contribution in [3.63, 3.8) is 0 Å². The molecule has 0 aliphatic carbocycles. The van der Waals surface area contributed by atoms with E-state index in [0.29, 0.717) is 13.0 Å². The Hall–Kier alpha value is -0.510. The van der Waals surface area contributed by atoms with Gasteiger partial charge in [0.15, 0.2) is 0 Å². The van der Waals surface area contributed by atoms with Crippen LogP contribution in [-0.4, -0.2) is 18.8 Å². The van der Waals surface area contributed by atoms with Crippen molar-refractivity contribution in [1.82, 2.24) is 5.32 Å². The highest BCUT2D eigenvalue weighted by Crippen LogP contribution is 2.24. The molecule has 15 heavy (non-hydrogen) atoms. The summed E-state index contributed by atoms with van der Waals surface area (Å²) in [6.07, 6.45) is 1.13. The molecule has 0 heterocycles. The molecule has 1 N–H and O–H groups in total. The van der Waals surface area contributed by atoms with Crippen LogP contribution in [-0.2, 0) is 0 Å². The van der Waals surface area contributed by atoms with Crippen LogP contribution in [0.1, 0.15) is 39.0 Å². The zero-order valence-corrected chi connectivity index (χ0v) is 9.24. The van der Waals surface area contributed by atoms with E-state index in [4.69, 9.17) is 0 Å². The molecule has 90 valence electrons. The SMILES string of the molecule is C=CCCCCCC(NCC)C(F)(F)F. The van der Waals surface area contributed by atoms with E-state index in [1.807, 2.05) is 0 Å². The van der Waals surface area contributed by atoms with Crippen molar-refractivity contribution >= 4 is 0 Å². The van der Waals surface area contributed by atoms with Gasteiger partial charge in [-0.3, -0.25) is 0 Å². The third-order valence-corrected chi connectivity index (χ3v) is 2.25. The third kappa shape index (κ3) is 7.42. The maximum Gasteiger partial charge on any atom is 0.403 e. The first-order chi connectivity index (χ1) is 7.02. The predicted molar refractivity (Wildman–Crippen MR) is 56.8 cm³/mol. The summed E-state index contributed by atoms with van der Waals surface area (Å²) in [5.74, 6) is 0. The van der Waals surface area contributed by atoms with Gasteiger partial charge in [0.25, 0.3) is 0 Å². The fraction of sp³-hybridized carbons (Fsp3) is 0.818. The number of hydrogen-bond donors (Lipinski definition) is 1. The van der Waals surface area contributed by atoms with Gasteiger partial charge in [-0.15, -0.1) is 6.58 Å². The monoisotopic (exact) mass is 223 g/mol. The number of unbranched alkanes of at least 4 members (excludes halogenated alkanes) is 3. The van der Waals surface area contributed by atoms with Crippen LogP contribution >= 0.6 is 0 Å². The average Bonchev–Trinajstić information content (AvgIpc) is 2.14. The number of allylic oxidation sites excluding steroid dienone is 1. The van der Waals surface area contributed by atoms with Gasteiger partial charge in [-0.05, 0) is 25.8 Å². The fourth-order valence-electron chi connectivity index (χ4n) is 1.44. The van der Waals surface area contributed by atoms with E-state index in [0.717, 1.165) is 19.3 Å². The maximum atomic E-state index is 12.4. The second kappa shape index (κ2) is 7.74. The number of rotatable bonds is 8. The molecule has 0 spiro atoms. The van der Waals surface area contributed by atoms with Crippen molar-refractivity contribution in [1.29, 1.82) is 0 Å². The summed E-state index contributed by atoms with van der Waals surface area (Å²) in [4.78, 5) is 0. The molecule has 0 saturated carbocycles. The van der Waals surface area contributed by atoms with Crippen LogP contribution in [0.5, 0.6) is 0 Å². The van der Waals surface area contributed by atoms with E-state index in [2.05, 4.69) is 11.9 Å². The first kappa shape index (κ1) is 14.5. The molecule has 0 amide bonds. The normalized spacial score (nSPS) is 13.9. The molecule has 0 aliphatic heterocycles. The quantitative estimate of drug-likeness (QED) is 0.489. The molecule has 0 fully saturated rings. The van der Waals surface area contributed by atoms with Crippen molar-refractivity contribution in [2.24, 2.45) is 0 Å². The smallest absolute Gasteiger partial charge is 0.306 e. The van der Waals surface area contributed by atoms with Gasteiger partial charge in [0.2, 0.25) is 0 Å².